The average Bonchev–Trinajstić information content (AvgIpc) is 3.20. The van der Waals surface area contributed by atoms with Gasteiger partial charge in [0.2, 0.25) is 5.91 Å². The number of carbonyl (C=O) groups is 3. The molecule has 1 aromatic carbocycles. The number of hydrogen-bond donors (Lipinski definition) is 3. The highest BCUT2D eigenvalue weighted by molar-refractivity contribution is 6.10. The summed E-state index contributed by atoms with van der Waals surface area (Å²) in [6.07, 6.45) is 0.135. The van der Waals surface area contributed by atoms with Gasteiger partial charge in [-0.25, -0.2) is 4.79 Å². The molecule has 1 aliphatic carbocycles. The average molecular weight is 320 g/mol. The second-order valence-corrected chi connectivity index (χ2v) is 6.55. The number of nitrogens with one attached hydrogen (secondary N) is 2. The van der Waals surface area contributed by atoms with Gasteiger partial charge in [0.1, 0.15) is 11.0 Å². The van der Waals surface area contributed by atoms with Gasteiger partial charge in [-0.1, -0.05) is 0 Å². The van der Waals surface area contributed by atoms with E-state index in [0.717, 1.165) is 0 Å². The summed E-state index contributed by atoms with van der Waals surface area (Å²) < 4.78 is 5.13. The maximum atomic E-state index is 12.0. The number of ether oxygens (including phenoxy) is 1. The van der Waals surface area contributed by atoms with Crippen LogP contribution in [0.2, 0.25) is 0 Å². The Morgan fingerprint density at radius 1 is 1.04 bits per heavy atom. The number of carbonyl (C=O) groups excluding carboxylic acids is 2. The Hall–Kier alpha value is -2.57. The van der Waals surface area contributed by atoms with Crippen LogP contribution in [0.4, 0.5) is 16.2 Å². The lowest BCUT2D eigenvalue weighted by atomic mass is 10.1. The second kappa shape index (κ2) is 5.91. The second-order valence-electron chi connectivity index (χ2n) is 6.55. The Labute approximate surface area is 134 Å². The van der Waals surface area contributed by atoms with Gasteiger partial charge < -0.3 is 15.2 Å². The first kappa shape index (κ1) is 16.8. The third-order valence-electron chi connectivity index (χ3n) is 3.38. The Balaban J connectivity index is 1.94. The van der Waals surface area contributed by atoms with Crippen LogP contribution in [0.15, 0.2) is 24.3 Å². The molecule has 0 unspecified atom stereocenters. The van der Waals surface area contributed by atoms with Crippen LogP contribution < -0.4 is 10.6 Å². The maximum Gasteiger partial charge on any atom is 0.412 e. The molecule has 3 N–H and O–H groups in total. The highest BCUT2D eigenvalue weighted by atomic mass is 16.6. The van der Waals surface area contributed by atoms with Crippen molar-refractivity contribution in [3.8, 4) is 0 Å². The molecule has 0 atom stereocenters. The van der Waals surface area contributed by atoms with Crippen molar-refractivity contribution in [2.75, 3.05) is 10.6 Å². The molecule has 0 saturated heterocycles. The summed E-state index contributed by atoms with van der Waals surface area (Å²) in [6.45, 7) is 5.30. The minimum Gasteiger partial charge on any atom is -0.480 e. The molecule has 1 fully saturated rings. The lowest BCUT2D eigenvalue weighted by Gasteiger charge is -2.19. The van der Waals surface area contributed by atoms with E-state index >= 15 is 0 Å². The summed E-state index contributed by atoms with van der Waals surface area (Å²) in [6, 6.07) is 6.37. The third kappa shape index (κ3) is 4.21. The molecule has 1 aromatic rings. The van der Waals surface area contributed by atoms with E-state index in [9.17, 15) is 14.4 Å². The van der Waals surface area contributed by atoms with Crippen LogP contribution in [0.5, 0.6) is 0 Å². The number of carboxylic acid groups (broad SMARTS) is 1. The Morgan fingerprint density at radius 2 is 1.52 bits per heavy atom. The molecule has 1 saturated carbocycles. The summed E-state index contributed by atoms with van der Waals surface area (Å²) in [5.74, 6) is -1.61. The molecule has 0 aliphatic heterocycles. The zero-order chi connectivity index (χ0) is 17.3. The van der Waals surface area contributed by atoms with E-state index < -0.39 is 29.0 Å². The number of rotatable bonds is 4. The van der Waals surface area contributed by atoms with Crippen LogP contribution >= 0.6 is 0 Å². The van der Waals surface area contributed by atoms with Crippen LogP contribution in [-0.2, 0) is 14.3 Å². The Bertz CT molecular complexity index is 627. The van der Waals surface area contributed by atoms with Crippen molar-refractivity contribution in [1.82, 2.24) is 0 Å². The van der Waals surface area contributed by atoms with Gasteiger partial charge >= 0.3 is 12.1 Å². The van der Waals surface area contributed by atoms with E-state index in [1.54, 1.807) is 45.0 Å². The van der Waals surface area contributed by atoms with Crippen molar-refractivity contribution >= 4 is 29.3 Å². The standard InChI is InChI=1S/C16H20N2O5/c1-15(2,3)23-14(22)18-11-6-4-10(5-7-11)17-12(19)16(8-9-16)13(20)21/h4-7H,8-9H2,1-3H3,(H,17,19)(H,18,22)(H,20,21). The SMILES string of the molecule is CC(C)(C)OC(=O)Nc1ccc(NC(=O)C2(C(=O)O)CC2)cc1. The van der Waals surface area contributed by atoms with E-state index in [1.807, 2.05) is 0 Å². The zero-order valence-corrected chi connectivity index (χ0v) is 13.3. The summed E-state index contributed by atoms with van der Waals surface area (Å²) in [5.41, 5.74) is -0.894. The quantitative estimate of drug-likeness (QED) is 0.740. The monoisotopic (exact) mass is 320 g/mol. The first-order valence-electron chi connectivity index (χ1n) is 7.27. The molecular weight excluding hydrogens is 300 g/mol. The van der Waals surface area contributed by atoms with Gasteiger partial charge in [-0.2, -0.15) is 0 Å². The van der Waals surface area contributed by atoms with Crippen LogP contribution in [0, 0.1) is 5.41 Å². The predicted octanol–water partition coefficient (Wildman–Crippen LogP) is 2.84. The molecule has 0 aromatic heterocycles. The Morgan fingerprint density at radius 3 is 1.91 bits per heavy atom. The molecule has 0 bridgehead atoms. The number of hydrogen-bond acceptors (Lipinski definition) is 4. The van der Waals surface area contributed by atoms with Crippen molar-refractivity contribution in [3.05, 3.63) is 24.3 Å². The van der Waals surface area contributed by atoms with Gasteiger partial charge in [0, 0.05) is 11.4 Å². The van der Waals surface area contributed by atoms with Crippen LogP contribution in [0.1, 0.15) is 33.6 Å². The largest absolute Gasteiger partial charge is 0.480 e. The van der Waals surface area contributed by atoms with Gasteiger partial charge in [0.25, 0.3) is 0 Å². The van der Waals surface area contributed by atoms with Crippen LogP contribution in [0.25, 0.3) is 0 Å². The van der Waals surface area contributed by atoms with E-state index in [0.29, 0.717) is 24.2 Å². The molecule has 2 amide bonds. The van der Waals surface area contributed by atoms with Gasteiger partial charge in [0.05, 0.1) is 0 Å². The van der Waals surface area contributed by atoms with E-state index in [1.165, 1.54) is 0 Å². The lowest BCUT2D eigenvalue weighted by molar-refractivity contribution is -0.147. The minimum atomic E-state index is -1.28. The van der Waals surface area contributed by atoms with Gasteiger partial charge in [-0.05, 0) is 57.9 Å². The topological polar surface area (TPSA) is 105 Å². The highest BCUT2D eigenvalue weighted by Crippen LogP contribution is 2.46. The number of anilines is 2. The van der Waals surface area contributed by atoms with E-state index in [-0.39, 0.29) is 0 Å². The van der Waals surface area contributed by atoms with Crippen LogP contribution in [0.3, 0.4) is 0 Å². The zero-order valence-electron chi connectivity index (χ0n) is 13.3. The molecule has 7 nitrogen and oxygen atoms in total. The summed E-state index contributed by atoms with van der Waals surface area (Å²) in [4.78, 5) is 34.7. The van der Waals surface area contributed by atoms with E-state index in [4.69, 9.17) is 9.84 Å². The predicted molar refractivity (Wildman–Crippen MR) is 84.2 cm³/mol. The van der Waals surface area contributed by atoms with Crippen molar-refractivity contribution in [2.24, 2.45) is 5.41 Å². The first-order valence-corrected chi connectivity index (χ1v) is 7.27. The molecular formula is C16H20N2O5. The maximum absolute atomic E-state index is 12.0. The number of carboxylic acids is 1. The first-order chi connectivity index (χ1) is 10.6. The Kier molecular flexibility index (Phi) is 4.31. The summed E-state index contributed by atoms with van der Waals surface area (Å²) in [7, 11) is 0. The van der Waals surface area contributed by atoms with Crippen LogP contribution in [-0.4, -0.2) is 28.7 Å². The third-order valence-corrected chi connectivity index (χ3v) is 3.38. The fourth-order valence-electron chi connectivity index (χ4n) is 1.97. The van der Waals surface area contributed by atoms with Crippen molar-refractivity contribution in [3.63, 3.8) is 0 Å². The van der Waals surface area contributed by atoms with Gasteiger partial charge in [-0.15, -0.1) is 0 Å². The molecule has 0 heterocycles. The fourth-order valence-corrected chi connectivity index (χ4v) is 1.97. The molecule has 0 spiro atoms. The molecule has 7 heteroatoms. The lowest BCUT2D eigenvalue weighted by Crippen LogP contribution is -2.31. The fraction of sp³-hybridized carbons (Fsp3) is 0.438. The highest BCUT2D eigenvalue weighted by Gasteiger charge is 2.57. The smallest absolute Gasteiger partial charge is 0.412 e. The molecule has 0 radical (unpaired) electrons. The normalized spacial score (nSPS) is 15.4. The number of aliphatic carboxylic acids is 1. The molecule has 124 valence electrons. The molecule has 1 aliphatic rings. The van der Waals surface area contributed by atoms with E-state index in [2.05, 4.69) is 10.6 Å². The molecule has 23 heavy (non-hydrogen) atoms. The van der Waals surface area contributed by atoms with Crippen molar-refractivity contribution < 1.29 is 24.2 Å². The van der Waals surface area contributed by atoms with Gasteiger partial charge in [-0.3, -0.25) is 14.9 Å². The number of benzene rings is 1. The summed E-state index contributed by atoms with van der Waals surface area (Å²) in [5, 5.41) is 14.2. The molecule has 2 rings (SSSR count). The minimum absolute atomic E-state index is 0.354. The van der Waals surface area contributed by atoms with Gasteiger partial charge in [0.15, 0.2) is 0 Å². The number of amides is 2. The summed E-state index contributed by atoms with van der Waals surface area (Å²) >= 11 is 0. The van der Waals surface area contributed by atoms with Crippen molar-refractivity contribution in [2.45, 2.75) is 39.2 Å². The van der Waals surface area contributed by atoms with Crippen molar-refractivity contribution in [1.29, 1.82) is 0 Å².